The molecule has 130 valence electrons. The highest BCUT2D eigenvalue weighted by Crippen LogP contribution is 2.29. The maximum Gasteiger partial charge on any atom is 0.222 e. The van der Waals surface area contributed by atoms with E-state index in [9.17, 15) is 9.59 Å². The zero-order valence-corrected chi connectivity index (χ0v) is 14.5. The van der Waals surface area contributed by atoms with Gasteiger partial charge in [0.25, 0.3) is 0 Å². The van der Waals surface area contributed by atoms with E-state index in [0.717, 1.165) is 24.8 Å². The third kappa shape index (κ3) is 4.47. The van der Waals surface area contributed by atoms with Crippen LogP contribution in [0, 0.1) is 0 Å². The van der Waals surface area contributed by atoms with Crippen LogP contribution >= 0.6 is 0 Å². The summed E-state index contributed by atoms with van der Waals surface area (Å²) in [5.74, 6) is -0.172. The molecule has 4 heteroatoms. The molecule has 0 radical (unpaired) electrons. The monoisotopic (exact) mass is 336 g/mol. The molecule has 0 fully saturated rings. The van der Waals surface area contributed by atoms with Gasteiger partial charge in [-0.15, -0.1) is 0 Å². The molecular formula is C21H24N2O2. The number of carbonyl (C=O) groups is 2. The van der Waals surface area contributed by atoms with Crippen LogP contribution in [0.3, 0.4) is 0 Å². The summed E-state index contributed by atoms with van der Waals surface area (Å²) in [5, 5.41) is 6.04. The molecule has 0 saturated heterocycles. The first kappa shape index (κ1) is 17.2. The van der Waals surface area contributed by atoms with Gasteiger partial charge in [0.2, 0.25) is 11.8 Å². The van der Waals surface area contributed by atoms with Gasteiger partial charge in [0.1, 0.15) is 0 Å². The average Bonchev–Trinajstić information content (AvgIpc) is 2.62. The quantitative estimate of drug-likeness (QED) is 0.878. The highest BCUT2D eigenvalue weighted by molar-refractivity contribution is 5.79. The van der Waals surface area contributed by atoms with Gasteiger partial charge in [-0.05, 0) is 36.0 Å². The van der Waals surface area contributed by atoms with E-state index in [-0.39, 0.29) is 30.3 Å². The fourth-order valence-electron chi connectivity index (χ4n) is 3.53. The molecule has 0 unspecified atom stereocenters. The Kier molecular flexibility index (Phi) is 5.49. The molecule has 0 bridgehead atoms. The molecule has 2 N–H and O–H groups in total. The van der Waals surface area contributed by atoms with Crippen LogP contribution in [-0.2, 0) is 16.0 Å². The molecule has 0 aliphatic heterocycles. The van der Waals surface area contributed by atoms with Crippen molar-refractivity contribution in [1.82, 2.24) is 10.6 Å². The molecule has 0 saturated carbocycles. The Labute approximate surface area is 148 Å². The standard InChI is InChI=1S/C21H24N2O2/c1-15(24)22-20(17-9-3-2-4-10-17)14-21(25)23-19-13-7-11-16-8-5-6-12-18(16)19/h2-6,8-10,12,19-20H,7,11,13-14H2,1H3,(H,22,24)(H,23,25)/t19-,20+/m1/s1. The molecule has 2 aromatic carbocycles. The summed E-state index contributed by atoms with van der Waals surface area (Å²) < 4.78 is 0. The number of benzene rings is 2. The molecule has 2 amide bonds. The Morgan fingerprint density at radius 3 is 2.56 bits per heavy atom. The Hall–Kier alpha value is -2.62. The lowest BCUT2D eigenvalue weighted by molar-refractivity contribution is -0.123. The van der Waals surface area contributed by atoms with Crippen molar-refractivity contribution < 1.29 is 9.59 Å². The molecule has 1 aliphatic rings. The maximum absolute atomic E-state index is 12.6. The fourth-order valence-corrected chi connectivity index (χ4v) is 3.53. The topological polar surface area (TPSA) is 58.2 Å². The van der Waals surface area contributed by atoms with Crippen LogP contribution in [0.2, 0.25) is 0 Å². The summed E-state index contributed by atoms with van der Waals surface area (Å²) in [4.78, 5) is 24.1. The largest absolute Gasteiger partial charge is 0.349 e. The number of fused-ring (bicyclic) bond motifs is 1. The summed E-state index contributed by atoms with van der Waals surface area (Å²) in [6.07, 6.45) is 3.35. The second-order valence-corrected chi connectivity index (χ2v) is 6.58. The molecule has 0 heterocycles. The molecule has 3 rings (SSSR count). The Balaban J connectivity index is 1.69. The zero-order chi connectivity index (χ0) is 17.6. The van der Waals surface area contributed by atoms with Crippen LogP contribution in [0.4, 0.5) is 0 Å². The number of carbonyl (C=O) groups excluding carboxylic acids is 2. The minimum absolute atomic E-state index is 0.0377. The van der Waals surface area contributed by atoms with E-state index in [1.165, 1.54) is 18.1 Å². The summed E-state index contributed by atoms with van der Waals surface area (Å²) >= 11 is 0. The van der Waals surface area contributed by atoms with Crippen molar-refractivity contribution in [2.75, 3.05) is 0 Å². The SMILES string of the molecule is CC(=O)N[C@@H](CC(=O)N[C@@H]1CCCc2ccccc21)c1ccccc1. The molecule has 25 heavy (non-hydrogen) atoms. The Bertz CT molecular complexity index is 743. The smallest absolute Gasteiger partial charge is 0.222 e. The van der Waals surface area contributed by atoms with Gasteiger partial charge in [-0.25, -0.2) is 0 Å². The third-order valence-electron chi connectivity index (χ3n) is 4.67. The first-order valence-corrected chi connectivity index (χ1v) is 8.82. The normalized spacial score (nSPS) is 17.2. The van der Waals surface area contributed by atoms with Gasteiger partial charge in [-0.2, -0.15) is 0 Å². The van der Waals surface area contributed by atoms with Gasteiger partial charge in [0, 0.05) is 6.92 Å². The maximum atomic E-state index is 12.6. The molecule has 1 aliphatic carbocycles. The Morgan fingerprint density at radius 2 is 1.80 bits per heavy atom. The molecule has 2 atom stereocenters. The predicted molar refractivity (Wildman–Crippen MR) is 97.9 cm³/mol. The summed E-state index contributed by atoms with van der Waals surface area (Å²) in [5.41, 5.74) is 3.48. The first-order valence-electron chi connectivity index (χ1n) is 8.82. The third-order valence-corrected chi connectivity index (χ3v) is 4.67. The number of aryl methyl sites for hydroxylation is 1. The molecule has 0 spiro atoms. The highest BCUT2D eigenvalue weighted by Gasteiger charge is 2.23. The average molecular weight is 336 g/mol. The minimum atomic E-state index is -0.308. The lowest BCUT2D eigenvalue weighted by atomic mass is 9.87. The van der Waals surface area contributed by atoms with Crippen molar-refractivity contribution in [2.45, 2.75) is 44.7 Å². The summed E-state index contributed by atoms with van der Waals surface area (Å²) in [6, 6.07) is 17.7. The van der Waals surface area contributed by atoms with Crippen molar-refractivity contribution in [2.24, 2.45) is 0 Å². The lowest BCUT2D eigenvalue weighted by Gasteiger charge is -2.27. The van der Waals surface area contributed by atoms with Gasteiger partial charge in [0.15, 0.2) is 0 Å². The van der Waals surface area contributed by atoms with E-state index in [1.54, 1.807) is 0 Å². The lowest BCUT2D eigenvalue weighted by Crippen LogP contribution is -2.35. The minimum Gasteiger partial charge on any atom is -0.349 e. The zero-order valence-electron chi connectivity index (χ0n) is 14.5. The second kappa shape index (κ2) is 7.97. The van der Waals surface area contributed by atoms with E-state index < -0.39 is 0 Å². The molecule has 2 aromatic rings. The Morgan fingerprint density at radius 1 is 1.08 bits per heavy atom. The van der Waals surface area contributed by atoms with Gasteiger partial charge < -0.3 is 10.6 Å². The van der Waals surface area contributed by atoms with Gasteiger partial charge in [0.05, 0.1) is 18.5 Å². The number of hydrogen-bond acceptors (Lipinski definition) is 2. The van der Waals surface area contributed by atoms with E-state index in [2.05, 4.69) is 22.8 Å². The van der Waals surface area contributed by atoms with E-state index in [1.807, 2.05) is 42.5 Å². The summed E-state index contributed by atoms with van der Waals surface area (Å²) in [6.45, 7) is 1.48. The number of amides is 2. The number of hydrogen-bond donors (Lipinski definition) is 2. The number of rotatable bonds is 5. The number of nitrogens with one attached hydrogen (secondary N) is 2. The van der Waals surface area contributed by atoms with Crippen molar-refractivity contribution in [1.29, 1.82) is 0 Å². The van der Waals surface area contributed by atoms with Crippen LogP contribution in [0.1, 0.15) is 55.0 Å². The highest BCUT2D eigenvalue weighted by atomic mass is 16.2. The first-order chi connectivity index (χ1) is 12.1. The van der Waals surface area contributed by atoms with E-state index >= 15 is 0 Å². The van der Waals surface area contributed by atoms with Crippen molar-refractivity contribution in [3.8, 4) is 0 Å². The van der Waals surface area contributed by atoms with Crippen LogP contribution in [0.15, 0.2) is 54.6 Å². The van der Waals surface area contributed by atoms with Gasteiger partial charge >= 0.3 is 0 Å². The van der Waals surface area contributed by atoms with Crippen molar-refractivity contribution >= 4 is 11.8 Å². The summed E-state index contributed by atoms with van der Waals surface area (Å²) in [7, 11) is 0. The predicted octanol–water partition coefficient (Wildman–Crippen LogP) is 3.45. The van der Waals surface area contributed by atoms with Gasteiger partial charge in [-0.1, -0.05) is 54.6 Å². The second-order valence-electron chi connectivity index (χ2n) is 6.58. The molecular weight excluding hydrogens is 312 g/mol. The van der Waals surface area contributed by atoms with Crippen LogP contribution < -0.4 is 10.6 Å². The van der Waals surface area contributed by atoms with E-state index in [4.69, 9.17) is 0 Å². The van der Waals surface area contributed by atoms with Gasteiger partial charge in [-0.3, -0.25) is 9.59 Å². The van der Waals surface area contributed by atoms with Crippen LogP contribution in [0.5, 0.6) is 0 Å². The van der Waals surface area contributed by atoms with Crippen molar-refractivity contribution in [3.05, 3.63) is 71.3 Å². The molecule has 0 aromatic heterocycles. The van der Waals surface area contributed by atoms with Crippen LogP contribution in [0.25, 0.3) is 0 Å². The van der Waals surface area contributed by atoms with Crippen LogP contribution in [-0.4, -0.2) is 11.8 Å². The molecule has 4 nitrogen and oxygen atoms in total. The van der Waals surface area contributed by atoms with Crippen molar-refractivity contribution in [3.63, 3.8) is 0 Å². The van der Waals surface area contributed by atoms with E-state index in [0.29, 0.717) is 0 Å². The fraction of sp³-hybridized carbons (Fsp3) is 0.333.